The Bertz CT molecular complexity index is 1270. The minimum absolute atomic E-state index is 0.120. The van der Waals surface area contributed by atoms with Crippen LogP contribution in [0, 0.1) is 0 Å². The zero-order chi connectivity index (χ0) is 24.8. The number of hydrogen-bond donors (Lipinski definition) is 3. The average Bonchev–Trinajstić information content (AvgIpc) is 2.69. The van der Waals surface area contributed by atoms with E-state index in [2.05, 4.69) is 0 Å². The van der Waals surface area contributed by atoms with Gasteiger partial charge in [0.2, 0.25) is 10.0 Å². The van der Waals surface area contributed by atoms with Crippen LogP contribution in [0.25, 0.3) is 11.1 Å². The summed E-state index contributed by atoms with van der Waals surface area (Å²) >= 11 is 0. The number of phenolic OH excluding ortho intramolecular Hbond substituents is 2. The summed E-state index contributed by atoms with van der Waals surface area (Å²) in [5, 5.41) is 25.7. The number of phenols is 2. The normalized spacial score (nSPS) is 12.7. The number of benzene rings is 3. The van der Waals surface area contributed by atoms with Crippen LogP contribution in [0.3, 0.4) is 0 Å². The second-order valence-electron chi connectivity index (χ2n) is 7.10. The van der Waals surface area contributed by atoms with Crippen LogP contribution in [0.1, 0.15) is 22.3 Å². The third-order valence-electron chi connectivity index (χ3n) is 4.74. The van der Waals surface area contributed by atoms with E-state index < -0.39 is 66.6 Å². The van der Waals surface area contributed by atoms with Crippen LogP contribution in [0.15, 0.2) is 59.5 Å². The Hall–Kier alpha value is -3.25. The molecule has 0 bridgehead atoms. The highest BCUT2D eigenvalue weighted by Gasteiger charge is 2.38. The Morgan fingerprint density at radius 1 is 0.818 bits per heavy atom. The predicted molar refractivity (Wildman–Crippen MR) is 106 cm³/mol. The molecule has 0 aromatic heterocycles. The summed E-state index contributed by atoms with van der Waals surface area (Å²) in [6, 6.07) is 8.90. The minimum atomic E-state index is -5.19. The van der Waals surface area contributed by atoms with E-state index in [1.165, 1.54) is 12.1 Å². The third-order valence-corrected chi connectivity index (χ3v) is 5.77. The van der Waals surface area contributed by atoms with Crippen molar-refractivity contribution in [3.8, 4) is 22.6 Å². The molecule has 0 amide bonds. The van der Waals surface area contributed by atoms with E-state index in [-0.39, 0.29) is 12.5 Å². The molecule has 0 unspecified atom stereocenters. The smallest absolute Gasteiger partial charge is 0.416 e. The molecule has 3 aromatic rings. The maximum absolute atomic E-state index is 13.3. The number of primary sulfonamides is 1. The van der Waals surface area contributed by atoms with E-state index in [4.69, 9.17) is 5.14 Å². The Morgan fingerprint density at radius 2 is 1.33 bits per heavy atom. The molecule has 0 aliphatic rings. The summed E-state index contributed by atoms with van der Waals surface area (Å²) in [4.78, 5) is -0.908. The summed E-state index contributed by atoms with van der Waals surface area (Å²) < 4.78 is 105. The summed E-state index contributed by atoms with van der Waals surface area (Å²) in [5.74, 6) is -1.87. The molecule has 3 aromatic carbocycles. The first-order chi connectivity index (χ1) is 15.1. The van der Waals surface area contributed by atoms with Gasteiger partial charge in [-0.1, -0.05) is 30.3 Å². The monoisotopic (exact) mass is 491 g/mol. The van der Waals surface area contributed by atoms with Crippen LogP contribution in [0.2, 0.25) is 0 Å². The number of halogens is 6. The van der Waals surface area contributed by atoms with Crippen molar-refractivity contribution in [2.24, 2.45) is 5.14 Å². The number of rotatable bonds is 4. The van der Waals surface area contributed by atoms with Gasteiger partial charge >= 0.3 is 12.4 Å². The number of alkyl halides is 6. The van der Waals surface area contributed by atoms with Gasteiger partial charge < -0.3 is 10.2 Å². The van der Waals surface area contributed by atoms with Crippen LogP contribution in [-0.2, 0) is 28.8 Å². The molecule has 0 saturated heterocycles. The molecule has 0 heterocycles. The topological polar surface area (TPSA) is 101 Å². The first-order valence-electron chi connectivity index (χ1n) is 9.03. The number of sulfonamides is 1. The molecule has 33 heavy (non-hydrogen) atoms. The standard InChI is InChI=1S/C21H15F6NO4S/c22-20(23,24)13-7-12(8-14(9-13)21(25,26)27)15-10-17(29)18(30)16(19(15)33(28,31)32)6-11-4-2-1-3-5-11/h1-5,7-10,29-30H,6H2,(H2,28,31,32). The van der Waals surface area contributed by atoms with Crippen molar-refractivity contribution in [1.82, 2.24) is 0 Å². The fraction of sp³-hybridized carbons (Fsp3) is 0.143. The number of aromatic hydroxyl groups is 2. The van der Waals surface area contributed by atoms with Gasteiger partial charge in [-0.2, -0.15) is 26.3 Å². The molecule has 12 heteroatoms. The molecule has 0 spiro atoms. The van der Waals surface area contributed by atoms with Gasteiger partial charge in [-0.05, 0) is 35.4 Å². The van der Waals surface area contributed by atoms with E-state index >= 15 is 0 Å². The fourth-order valence-electron chi connectivity index (χ4n) is 3.31. The number of hydrogen-bond acceptors (Lipinski definition) is 4. The van der Waals surface area contributed by atoms with Crippen LogP contribution >= 0.6 is 0 Å². The molecule has 0 radical (unpaired) electrons. The second-order valence-corrected chi connectivity index (χ2v) is 8.60. The maximum atomic E-state index is 13.3. The second kappa shape index (κ2) is 8.27. The molecule has 0 aliphatic heterocycles. The average molecular weight is 491 g/mol. The molecular weight excluding hydrogens is 476 g/mol. The molecular formula is C21H15F6NO4S. The van der Waals surface area contributed by atoms with Gasteiger partial charge in [0.15, 0.2) is 11.5 Å². The molecule has 0 saturated carbocycles. The van der Waals surface area contributed by atoms with Gasteiger partial charge in [-0.25, -0.2) is 13.6 Å². The maximum Gasteiger partial charge on any atom is 0.416 e. The molecule has 4 N–H and O–H groups in total. The fourth-order valence-corrected chi connectivity index (χ4v) is 4.30. The van der Waals surface area contributed by atoms with Gasteiger partial charge in [0.05, 0.1) is 16.0 Å². The largest absolute Gasteiger partial charge is 0.504 e. The van der Waals surface area contributed by atoms with E-state index in [0.29, 0.717) is 23.8 Å². The zero-order valence-corrected chi connectivity index (χ0v) is 17.2. The summed E-state index contributed by atoms with van der Waals surface area (Å²) in [6.45, 7) is 0. The Kier molecular flexibility index (Phi) is 6.11. The zero-order valence-electron chi connectivity index (χ0n) is 16.4. The van der Waals surface area contributed by atoms with Crippen molar-refractivity contribution >= 4 is 10.0 Å². The molecule has 0 aliphatic carbocycles. The summed E-state index contributed by atoms with van der Waals surface area (Å²) in [5.41, 5.74) is -4.98. The van der Waals surface area contributed by atoms with Gasteiger partial charge in [-0.15, -0.1) is 0 Å². The third kappa shape index (κ3) is 5.22. The van der Waals surface area contributed by atoms with Crippen LogP contribution in [-0.4, -0.2) is 18.6 Å². The van der Waals surface area contributed by atoms with Gasteiger partial charge in [0.25, 0.3) is 0 Å². The highest BCUT2D eigenvalue weighted by atomic mass is 32.2. The van der Waals surface area contributed by atoms with Crippen LogP contribution in [0.4, 0.5) is 26.3 Å². The molecule has 0 atom stereocenters. The Morgan fingerprint density at radius 3 is 1.79 bits per heavy atom. The van der Waals surface area contributed by atoms with Crippen molar-refractivity contribution in [3.05, 3.63) is 76.9 Å². The van der Waals surface area contributed by atoms with E-state index in [1.807, 2.05) is 0 Å². The van der Waals surface area contributed by atoms with Gasteiger partial charge in [0.1, 0.15) is 0 Å². The number of nitrogens with two attached hydrogens (primary N) is 1. The molecule has 3 rings (SSSR count). The quantitative estimate of drug-likeness (QED) is 0.352. The first-order valence-corrected chi connectivity index (χ1v) is 10.6. The lowest BCUT2D eigenvalue weighted by Gasteiger charge is -2.19. The van der Waals surface area contributed by atoms with Crippen molar-refractivity contribution < 1.29 is 45.0 Å². The molecule has 0 fully saturated rings. The first kappa shape index (κ1) is 24.4. The highest BCUT2D eigenvalue weighted by Crippen LogP contribution is 2.44. The van der Waals surface area contributed by atoms with Crippen LogP contribution in [0.5, 0.6) is 11.5 Å². The summed E-state index contributed by atoms with van der Waals surface area (Å²) in [7, 11) is -4.80. The van der Waals surface area contributed by atoms with E-state index in [1.54, 1.807) is 18.2 Å². The van der Waals surface area contributed by atoms with Crippen molar-refractivity contribution in [1.29, 1.82) is 0 Å². The SMILES string of the molecule is NS(=O)(=O)c1c(-c2cc(C(F)(F)F)cc(C(F)(F)F)c2)cc(O)c(O)c1Cc1ccccc1. The molecule has 176 valence electrons. The van der Waals surface area contributed by atoms with Crippen molar-refractivity contribution in [2.75, 3.05) is 0 Å². The van der Waals surface area contributed by atoms with Crippen molar-refractivity contribution in [3.63, 3.8) is 0 Å². The molecule has 5 nitrogen and oxygen atoms in total. The minimum Gasteiger partial charge on any atom is -0.504 e. The van der Waals surface area contributed by atoms with Crippen molar-refractivity contribution in [2.45, 2.75) is 23.7 Å². The summed E-state index contributed by atoms with van der Waals surface area (Å²) in [6.07, 6.45) is -10.7. The lowest BCUT2D eigenvalue weighted by atomic mass is 9.94. The highest BCUT2D eigenvalue weighted by molar-refractivity contribution is 7.89. The van der Waals surface area contributed by atoms with Crippen LogP contribution < -0.4 is 5.14 Å². The Balaban J connectivity index is 2.41. The Labute approximate surface area is 183 Å². The lowest BCUT2D eigenvalue weighted by Crippen LogP contribution is -2.17. The van der Waals surface area contributed by atoms with Gasteiger partial charge in [-0.3, -0.25) is 0 Å². The lowest BCUT2D eigenvalue weighted by molar-refractivity contribution is -0.143. The van der Waals surface area contributed by atoms with E-state index in [9.17, 15) is 45.0 Å². The predicted octanol–water partition coefficient (Wildman–Crippen LogP) is 5.04. The van der Waals surface area contributed by atoms with Gasteiger partial charge in [0, 0.05) is 17.5 Å². The van der Waals surface area contributed by atoms with E-state index in [0.717, 1.165) is 0 Å².